The molecular formula is C13H17F2N5O. The third kappa shape index (κ3) is 4.30. The van der Waals surface area contributed by atoms with E-state index in [0.717, 1.165) is 10.3 Å². The van der Waals surface area contributed by atoms with Crippen LogP contribution in [0.15, 0.2) is 40.2 Å². The summed E-state index contributed by atoms with van der Waals surface area (Å²) in [6, 6.07) is 3.63. The minimum absolute atomic E-state index is 0.0603. The lowest BCUT2D eigenvalue weighted by Crippen LogP contribution is -2.36. The zero-order valence-corrected chi connectivity index (χ0v) is 11.6. The SMILES string of the molecule is CCNC(=NCc1nccn1C(F)F)NCc1ccco1. The van der Waals surface area contributed by atoms with Crippen molar-refractivity contribution in [3.63, 3.8) is 0 Å². The molecular weight excluding hydrogens is 280 g/mol. The van der Waals surface area contributed by atoms with Gasteiger partial charge in [0.25, 0.3) is 0 Å². The van der Waals surface area contributed by atoms with Crippen molar-refractivity contribution >= 4 is 5.96 Å². The molecule has 6 nitrogen and oxygen atoms in total. The summed E-state index contributed by atoms with van der Waals surface area (Å²) < 4.78 is 31.4. The van der Waals surface area contributed by atoms with Crippen molar-refractivity contribution < 1.29 is 13.2 Å². The molecule has 8 heteroatoms. The van der Waals surface area contributed by atoms with E-state index in [4.69, 9.17) is 4.42 Å². The van der Waals surface area contributed by atoms with Gasteiger partial charge >= 0.3 is 6.55 Å². The Labute approximate surface area is 120 Å². The fourth-order valence-electron chi connectivity index (χ4n) is 1.72. The van der Waals surface area contributed by atoms with E-state index in [0.29, 0.717) is 19.0 Å². The Kier molecular flexibility index (Phi) is 5.30. The van der Waals surface area contributed by atoms with Gasteiger partial charge in [0.05, 0.1) is 12.8 Å². The Morgan fingerprint density at radius 1 is 1.48 bits per heavy atom. The molecule has 0 bridgehead atoms. The van der Waals surface area contributed by atoms with Crippen LogP contribution in [0.1, 0.15) is 25.1 Å². The summed E-state index contributed by atoms with van der Waals surface area (Å²) in [6.07, 6.45) is 4.15. The highest BCUT2D eigenvalue weighted by Crippen LogP contribution is 2.12. The van der Waals surface area contributed by atoms with Crippen LogP contribution in [0.3, 0.4) is 0 Å². The van der Waals surface area contributed by atoms with E-state index >= 15 is 0 Å². The Morgan fingerprint density at radius 2 is 2.33 bits per heavy atom. The van der Waals surface area contributed by atoms with Crippen LogP contribution < -0.4 is 10.6 Å². The molecule has 0 aliphatic rings. The number of aliphatic imine (C=N–C) groups is 1. The van der Waals surface area contributed by atoms with Gasteiger partial charge in [-0.3, -0.25) is 4.57 Å². The molecule has 0 unspecified atom stereocenters. The van der Waals surface area contributed by atoms with Crippen LogP contribution in [0.2, 0.25) is 0 Å². The van der Waals surface area contributed by atoms with Crippen molar-refractivity contribution in [2.75, 3.05) is 6.54 Å². The van der Waals surface area contributed by atoms with E-state index in [-0.39, 0.29) is 12.4 Å². The maximum atomic E-state index is 12.7. The Hall–Kier alpha value is -2.38. The molecule has 0 aromatic carbocycles. The molecule has 0 radical (unpaired) electrons. The van der Waals surface area contributed by atoms with Gasteiger partial charge in [0.1, 0.15) is 18.1 Å². The first-order chi connectivity index (χ1) is 10.2. The summed E-state index contributed by atoms with van der Waals surface area (Å²) in [4.78, 5) is 8.12. The normalized spacial score (nSPS) is 11.9. The number of imidazole rings is 1. The third-order valence-corrected chi connectivity index (χ3v) is 2.69. The fraction of sp³-hybridized carbons (Fsp3) is 0.385. The molecule has 0 amide bonds. The standard InChI is InChI=1S/C13H17F2N5O/c1-2-16-13(18-8-10-4-3-7-21-10)19-9-11-17-5-6-20(11)12(14)15/h3-7,12H,2,8-9H2,1H3,(H2,16,18,19). The lowest BCUT2D eigenvalue weighted by molar-refractivity contribution is 0.0671. The Morgan fingerprint density at radius 3 is 3.00 bits per heavy atom. The Balaban J connectivity index is 1.98. The molecule has 21 heavy (non-hydrogen) atoms. The summed E-state index contributed by atoms with van der Waals surface area (Å²) in [7, 11) is 0. The number of aromatic nitrogens is 2. The Bertz CT molecular complexity index is 565. The number of rotatable bonds is 6. The summed E-state index contributed by atoms with van der Waals surface area (Å²) >= 11 is 0. The summed E-state index contributed by atoms with van der Waals surface area (Å²) in [5.41, 5.74) is 0. The van der Waals surface area contributed by atoms with Crippen LogP contribution in [0.25, 0.3) is 0 Å². The highest BCUT2D eigenvalue weighted by Gasteiger charge is 2.10. The minimum atomic E-state index is -2.61. The third-order valence-electron chi connectivity index (χ3n) is 2.69. The molecule has 2 aromatic rings. The average molecular weight is 297 g/mol. The van der Waals surface area contributed by atoms with Gasteiger partial charge in [0.2, 0.25) is 0 Å². The van der Waals surface area contributed by atoms with Crippen molar-refractivity contribution in [2.24, 2.45) is 4.99 Å². The first-order valence-corrected chi connectivity index (χ1v) is 6.55. The van der Waals surface area contributed by atoms with Gasteiger partial charge in [-0.15, -0.1) is 0 Å². The van der Waals surface area contributed by atoms with Gasteiger partial charge in [0.15, 0.2) is 5.96 Å². The van der Waals surface area contributed by atoms with E-state index in [1.54, 1.807) is 12.3 Å². The maximum absolute atomic E-state index is 12.7. The fourth-order valence-corrected chi connectivity index (χ4v) is 1.72. The van der Waals surface area contributed by atoms with Gasteiger partial charge in [-0.25, -0.2) is 9.98 Å². The predicted molar refractivity (Wildman–Crippen MR) is 73.8 cm³/mol. The van der Waals surface area contributed by atoms with Crippen LogP contribution in [0.5, 0.6) is 0 Å². The zero-order chi connectivity index (χ0) is 15.1. The molecule has 0 fully saturated rings. The molecule has 114 valence electrons. The molecule has 2 rings (SSSR count). The predicted octanol–water partition coefficient (Wildman–Crippen LogP) is 2.13. The van der Waals surface area contributed by atoms with E-state index in [1.165, 1.54) is 12.4 Å². The van der Waals surface area contributed by atoms with Crippen molar-refractivity contribution in [3.05, 3.63) is 42.4 Å². The highest BCUT2D eigenvalue weighted by molar-refractivity contribution is 5.79. The first-order valence-electron chi connectivity index (χ1n) is 6.55. The second-order valence-electron chi connectivity index (χ2n) is 4.16. The number of hydrogen-bond donors (Lipinski definition) is 2. The van der Waals surface area contributed by atoms with Gasteiger partial charge in [-0.1, -0.05) is 0 Å². The molecule has 0 spiro atoms. The monoisotopic (exact) mass is 297 g/mol. The minimum Gasteiger partial charge on any atom is -0.467 e. The maximum Gasteiger partial charge on any atom is 0.319 e. The second kappa shape index (κ2) is 7.41. The van der Waals surface area contributed by atoms with E-state index in [9.17, 15) is 8.78 Å². The van der Waals surface area contributed by atoms with Crippen LogP contribution >= 0.6 is 0 Å². The van der Waals surface area contributed by atoms with Gasteiger partial charge < -0.3 is 15.1 Å². The molecule has 0 saturated heterocycles. The first kappa shape index (κ1) is 15.0. The lowest BCUT2D eigenvalue weighted by atomic mass is 10.4. The van der Waals surface area contributed by atoms with Crippen LogP contribution in [0, 0.1) is 0 Å². The number of guanidine groups is 1. The number of hydrogen-bond acceptors (Lipinski definition) is 3. The van der Waals surface area contributed by atoms with E-state index < -0.39 is 6.55 Å². The molecule has 2 aromatic heterocycles. The van der Waals surface area contributed by atoms with Crippen LogP contribution in [-0.2, 0) is 13.1 Å². The van der Waals surface area contributed by atoms with Crippen molar-refractivity contribution in [2.45, 2.75) is 26.6 Å². The summed E-state index contributed by atoms with van der Waals surface area (Å²) in [5, 5.41) is 6.08. The topological polar surface area (TPSA) is 67.4 Å². The molecule has 0 aliphatic heterocycles. The molecule has 2 heterocycles. The van der Waals surface area contributed by atoms with Crippen molar-refractivity contribution in [1.29, 1.82) is 0 Å². The van der Waals surface area contributed by atoms with Crippen molar-refractivity contribution in [1.82, 2.24) is 20.2 Å². The molecule has 0 saturated carbocycles. The van der Waals surface area contributed by atoms with Gasteiger partial charge in [0, 0.05) is 18.9 Å². The van der Waals surface area contributed by atoms with Crippen LogP contribution in [-0.4, -0.2) is 22.1 Å². The average Bonchev–Trinajstić information content (AvgIpc) is 3.12. The van der Waals surface area contributed by atoms with Crippen molar-refractivity contribution in [3.8, 4) is 0 Å². The second-order valence-corrected chi connectivity index (χ2v) is 4.16. The van der Waals surface area contributed by atoms with E-state index in [1.807, 2.05) is 13.0 Å². The largest absolute Gasteiger partial charge is 0.467 e. The van der Waals surface area contributed by atoms with Crippen LogP contribution in [0.4, 0.5) is 8.78 Å². The zero-order valence-electron chi connectivity index (χ0n) is 11.6. The molecule has 2 N–H and O–H groups in total. The number of nitrogens with one attached hydrogen (secondary N) is 2. The smallest absolute Gasteiger partial charge is 0.319 e. The quantitative estimate of drug-likeness (QED) is 0.633. The van der Waals surface area contributed by atoms with Gasteiger partial charge in [-0.2, -0.15) is 8.78 Å². The summed E-state index contributed by atoms with van der Waals surface area (Å²) in [6.45, 7) is 0.487. The molecule has 0 atom stereocenters. The lowest BCUT2D eigenvalue weighted by Gasteiger charge is -2.10. The number of alkyl halides is 2. The summed E-state index contributed by atoms with van der Waals surface area (Å²) in [5.74, 6) is 1.48. The highest BCUT2D eigenvalue weighted by atomic mass is 19.3. The van der Waals surface area contributed by atoms with Gasteiger partial charge in [-0.05, 0) is 19.1 Å². The van der Waals surface area contributed by atoms with E-state index in [2.05, 4.69) is 20.6 Å². The molecule has 0 aliphatic carbocycles. The number of nitrogens with zero attached hydrogens (tertiary/aromatic N) is 3. The number of halogens is 2. The number of furan rings is 1.